The van der Waals surface area contributed by atoms with Crippen LogP contribution in [-0.4, -0.2) is 23.3 Å². The predicted octanol–water partition coefficient (Wildman–Crippen LogP) is 1.48. The van der Waals surface area contributed by atoms with Crippen molar-refractivity contribution >= 4 is 5.97 Å². The Labute approximate surface area is 90.1 Å². The zero-order chi connectivity index (χ0) is 12.3. The van der Waals surface area contributed by atoms with Crippen molar-refractivity contribution in [2.45, 2.75) is 12.5 Å². The molecular weight excluding hydrogens is 222 g/mol. The number of rotatable bonds is 4. The van der Waals surface area contributed by atoms with Crippen LogP contribution < -0.4 is 4.74 Å². The van der Waals surface area contributed by atoms with Gasteiger partial charge in [-0.05, 0) is 6.07 Å². The van der Waals surface area contributed by atoms with Gasteiger partial charge in [-0.25, -0.2) is 8.78 Å². The number of halogens is 2. The monoisotopic (exact) mass is 232 g/mol. The van der Waals surface area contributed by atoms with Gasteiger partial charge in [0.1, 0.15) is 5.75 Å². The van der Waals surface area contributed by atoms with E-state index in [0.717, 1.165) is 12.1 Å². The predicted molar refractivity (Wildman–Crippen MR) is 50.1 cm³/mol. The molecule has 1 aromatic rings. The van der Waals surface area contributed by atoms with Crippen LogP contribution in [0.5, 0.6) is 5.75 Å². The largest absolute Gasteiger partial charge is 0.496 e. The maximum Gasteiger partial charge on any atom is 0.306 e. The highest BCUT2D eigenvalue weighted by atomic mass is 19.2. The molecule has 0 saturated carbocycles. The lowest BCUT2D eigenvalue weighted by molar-refractivity contribution is -0.139. The average Bonchev–Trinajstić information content (AvgIpc) is 2.20. The molecule has 0 aliphatic heterocycles. The zero-order valence-electron chi connectivity index (χ0n) is 8.41. The highest BCUT2D eigenvalue weighted by molar-refractivity contribution is 5.68. The summed E-state index contributed by atoms with van der Waals surface area (Å²) in [7, 11) is 1.21. The summed E-state index contributed by atoms with van der Waals surface area (Å²) in [6, 6.07) is 1.48. The lowest BCUT2D eigenvalue weighted by Gasteiger charge is -2.13. The smallest absolute Gasteiger partial charge is 0.306 e. The van der Waals surface area contributed by atoms with Crippen molar-refractivity contribution in [2.24, 2.45) is 0 Å². The van der Waals surface area contributed by atoms with Crippen molar-refractivity contribution in [2.75, 3.05) is 7.11 Å². The highest BCUT2D eigenvalue weighted by Gasteiger charge is 2.19. The molecule has 0 spiro atoms. The van der Waals surface area contributed by atoms with E-state index < -0.39 is 30.1 Å². The molecule has 0 heterocycles. The molecule has 0 bridgehead atoms. The third-order valence-corrected chi connectivity index (χ3v) is 2.00. The summed E-state index contributed by atoms with van der Waals surface area (Å²) in [6.45, 7) is 0. The average molecular weight is 232 g/mol. The topological polar surface area (TPSA) is 66.8 Å². The number of ether oxygens (including phenoxy) is 1. The summed E-state index contributed by atoms with van der Waals surface area (Å²) >= 11 is 0. The number of methoxy groups -OCH3 is 1. The number of carboxylic acids is 1. The fraction of sp³-hybridized carbons (Fsp3) is 0.300. The lowest BCUT2D eigenvalue weighted by atomic mass is 10.1. The molecule has 0 amide bonds. The number of hydrogen-bond donors (Lipinski definition) is 2. The first-order chi connectivity index (χ1) is 7.45. The van der Waals surface area contributed by atoms with Crippen LogP contribution in [0.4, 0.5) is 8.78 Å². The van der Waals surface area contributed by atoms with Crippen molar-refractivity contribution in [3.05, 3.63) is 29.3 Å². The van der Waals surface area contributed by atoms with Crippen LogP contribution in [0.15, 0.2) is 12.1 Å². The van der Waals surface area contributed by atoms with Crippen molar-refractivity contribution in [3.8, 4) is 5.75 Å². The molecule has 0 aromatic heterocycles. The Morgan fingerprint density at radius 3 is 2.50 bits per heavy atom. The van der Waals surface area contributed by atoms with E-state index in [-0.39, 0.29) is 11.3 Å². The molecule has 4 nitrogen and oxygen atoms in total. The first kappa shape index (κ1) is 12.4. The van der Waals surface area contributed by atoms with Gasteiger partial charge in [0.05, 0.1) is 19.6 Å². The Morgan fingerprint density at radius 2 is 2.00 bits per heavy atom. The summed E-state index contributed by atoms with van der Waals surface area (Å²) in [5, 5.41) is 17.9. The zero-order valence-corrected chi connectivity index (χ0v) is 8.41. The normalized spacial score (nSPS) is 12.2. The molecule has 1 aromatic carbocycles. The van der Waals surface area contributed by atoms with E-state index in [4.69, 9.17) is 9.84 Å². The minimum Gasteiger partial charge on any atom is -0.496 e. The molecule has 16 heavy (non-hydrogen) atoms. The molecular formula is C10H10F2O4. The molecule has 88 valence electrons. The molecule has 6 heteroatoms. The van der Waals surface area contributed by atoms with Gasteiger partial charge < -0.3 is 14.9 Å². The van der Waals surface area contributed by atoms with Gasteiger partial charge in [0.15, 0.2) is 11.6 Å². The van der Waals surface area contributed by atoms with Gasteiger partial charge >= 0.3 is 5.97 Å². The maximum atomic E-state index is 12.9. The van der Waals surface area contributed by atoms with Crippen LogP contribution in [0.25, 0.3) is 0 Å². The van der Waals surface area contributed by atoms with E-state index in [1.807, 2.05) is 0 Å². The van der Waals surface area contributed by atoms with Crippen molar-refractivity contribution in [1.82, 2.24) is 0 Å². The van der Waals surface area contributed by atoms with Gasteiger partial charge in [-0.3, -0.25) is 4.79 Å². The summed E-state index contributed by atoms with van der Waals surface area (Å²) in [5.41, 5.74) is -0.0937. The Bertz CT molecular complexity index is 406. The first-order valence-corrected chi connectivity index (χ1v) is 4.38. The summed E-state index contributed by atoms with van der Waals surface area (Å²) in [5.74, 6) is -3.63. The van der Waals surface area contributed by atoms with Crippen LogP contribution in [0.2, 0.25) is 0 Å². The van der Waals surface area contributed by atoms with E-state index in [1.165, 1.54) is 7.11 Å². The Hall–Kier alpha value is -1.69. The van der Waals surface area contributed by atoms with Gasteiger partial charge in [-0.2, -0.15) is 0 Å². The van der Waals surface area contributed by atoms with Crippen molar-refractivity contribution < 1.29 is 28.5 Å². The minimum atomic E-state index is -1.44. The van der Waals surface area contributed by atoms with Gasteiger partial charge in [0, 0.05) is 11.6 Å². The molecule has 1 atom stereocenters. The van der Waals surface area contributed by atoms with Gasteiger partial charge in [-0.15, -0.1) is 0 Å². The molecule has 1 rings (SSSR count). The maximum absolute atomic E-state index is 12.9. The van der Waals surface area contributed by atoms with E-state index in [2.05, 4.69) is 0 Å². The van der Waals surface area contributed by atoms with E-state index in [0.29, 0.717) is 0 Å². The summed E-state index contributed by atoms with van der Waals surface area (Å²) in [6.07, 6.45) is -2.05. The van der Waals surface area contributed by atoms with Gasteiger partial charge in [0.2, 0.25) is 0 Å². The number of hydrogen-bond acceptors (Lipinski definition) is 3. The Morgan fingerprint density at radius 1 is 1.44 bits per heavy atom. The molecule has 0 fully saturated rings. The molecule has 2 N–H and O–H groups in total. The van der Waals surface area contributed by atoms with Crippen LogP contribution in [0.3, 0.4) is 0 Å². The fourth-order valence-electron chi connectivity index (χ4n) is 1.26. The Kier molecular flexibility index (Phi) is 3.78. The number of carbonyl (C=O) groups is 1. The highest BCUT2D eigenvalue weighted by Crippen LogP contribution is 2.29. The first-order valence-electron chi connectivity index (χ1n) is 4.38. The number of aliphatic hydroxyl groups is 1. The molecule has 0 saturated heterocycles. The van der Waals surface area contributed by atoms with E-state index in [9.17, 15) is 18.7 Å². The van der Waals surface area contributed by atoms with E-state index >= 15 is 0 Å². The number of carboxylic acid groups (broad SMARTS) is 1. The quantitative estimate of drug-likeness (QED) is 0.825. The van der Waals surface area contributed by atoms with Crippen LogP contribution >= 0.6 is 0 Å². The minimum absolute atomic E-state index is 0.0901. The third kappa shape index (κ3) is 2.66. The summed E-state index contributed by atoms with van der Waals surface area (Å²) in [4.78, 5) is 10.4. The second kappa shape index (κ2) is 4.89. The van der Waals surface area contributed by atoms with Crippen LogP contribution in [0.1, 0.15) is 18.1 Å². The van der Waals surface area contributed by atoms with Gasteiger partial charge in [-0.1, -0.05) is 0 Å². The standard InChI is InChI=1S/C10H10F2O4/c1-16-9-3-7(12)6(11)2-5(9)8(13)4-10(14)15/h2-3,8,13H,4H2,1H3,(H,14,15). The Balaban J connectivity index is 3.10. The molecule has 0 radical (unpaired) electrons. The number of aliphatic carboxylic acids is 1. The second-order valence-electron chi connectivity index (χ2n) is 3.12. The molecule has 0 aliphatic carbocycles. The van der Waals surface area contributed by atoms with Crippen molar-refractivity contribution in [1.29, 1.82) is 0 Å². The SMILES string of the molecule is COc1cc(F)c(F)cc1C(O)CC(=O)O. The number of benzene rings is 1. The van der Waals surface area contributed by atoms with Crippen LogP contribution in [-0.2, 0) is 4.79 Å². The lowest BCUT2D eigenvalue weighted by Crippen LogP contribution is -2.08. The third-order valence-electron chi connectivity index (χ3n) is 2.00. The molecule has 1 unspecified atom stereocenters. The fourth-order valence-corrected chi connectivity index (χ4v) is 1.26. The van der Waals surface area contributed by atoms with Gasteiger partial charge in [0.25, 0.3) is 0 Å². The van der Waals surface area contributed by atoms with E-state index in [1.54, 1.807) is 0 Å². The second-order valence-corrected chi connectivity index (χ2v) is 3.12. The van der Waals surface area contributed by atoms with Crippen LogP contribution in [0, 0.1) is 11.6 Å². The number of aliphatic hydroxyl groups excluding tert-OH is 1. The van der Waals surface area contributed by atoms with Crippen molar-refractivity contribution in [3.63, 3.8) is 0 Å². The summed E-state index contributed by atoms with van der Waals surface area (Å²) < 4.78 is 30.4. The molecule has 0 aliphatic rings.